The molecule has 1 saturated carbocycles. The molecule has 0 radical (unpaired) electrons. The van der Waals surface area contributed by atoms with Crippen molar-refractivity contribution < 1.29 is 9.21 Å². The normalized spacial score (nSPS) is 15.6. The summed E-state index contributed by atoms with van der Waals surface area (Å²) in [5.74, 6) is 2.20. The molecular formula is C11H15NO2. The third-order valence-electron chi connectivity index (χ3n) is 2.53. The Morgan fingerprint density at radius 1 is 1.57 bits per heavy atom. The first-order chi connectivity index (χ1) is 6.66. The molecule has 76 valence electrons. The van der Waals surface area contributed by atoms with Crippen molar-refractivity contribution in [3.05, 3.63) is 23.2 Å². The number of carbonyl (C=O) groups is 1. The third kappa shape index (κ3) is 1.97. The van der Waals surface area contributed by atoms with E-state index in [-0.39, 0.29) is 5.91 Å². The van der Waals surface area contributed by atoms with Gasteiger partial charge in [0.15, 0.2) is 0 Å². The van der Waals surface area contributed by atoms with Crippen molar-refractivity contribution in [1.29, 1.82) is 0 Å². The van der Waals surface area contributed by atoms with Crippen LogP contribution in [-0.4, -0.2) is 12.5 Å². The number of nitrogens with one attached hydrogen (secondary N) is 1. The second-order valence-corrected chi connectivity index (χ2v) is 3.98. The molecule has 0 bridgehead atoms. The minimum atomic E-state index is -0.00810. The maximum Gasteiger partial charge on any atom is 0.254 e. The molecule has 1 aliphatic carbocycles. The molecule has 1 fully saturated rings. The largest absolute Gasteiger partial charge is 0.466 e. The molecule has 1 aromatic heterocycles. The number of furan rings is 1. The molecular weight excluding hydrogens is 178 g/mol. The van der Waals surface area contributed by atoms with Crippen LogP contribution in [-0.2, 0) is 0 Å². The minimum Gasteiger partial charge on any atom is -0.466 e. The average Bonchev–Trinajstić information content (AvgIpc) is 2.88. The molecule has 0 spiro atoms. The fraction of sp³-hybridized carbons (Fsp3) is 0.545. The molecule has 0 aromatic carbocycles. The van der Waals surface area contributed by atoms with E-state index in [1.54, 1.807) is 6.07 Å². The summed E-state index contributed by atoms with van der Waals surface area (Å²) >= 11 is 0. The van der Waals surface area contributed by atoms with Crippen molar-refractivity contribution in [1.82, 2.24) is 5.32 Å². The van der Waals surface area contributed by atoms with E-state index < -0.39 is 0 Å². The molecule has 2 rings (SSSR count). The maximum absolute atomic E-state index is 11.6. The van der Waals surface area contributed by atoms with Crippen molar-refractivity contribution in [2.75, 3.05) is 6.54 Å². The quantitative estimate of drug-likeness (QED) is 0.798. The maximum atomic E-state index is 11.6. The Kier molecular flexibility index (Phi) is 2.32. The summed E-state index contributed by atoms with van der Waals surface area (Å²) in [5, 5.41) is 2.92. The highest BCUT2D eigenvalue weighted by Gasteiger charge is 2.22. The standard InChI is InChI=1S/C11H15NO2/c1-7-5-10(8(2)14-7)11(13)12-6-9-3-4-9/h5,9H,3-4,6H2,1-2H3,(H,12,13). The first-order valence-corrected chi connectivity index (χ1v) is 5.02. The van der Waals surface area contributed by atoms with E-state index >= 15 is 0 Å². The number of aryl methyl sites for hydroxylation is 2. The Hall–Kier alpha value is -1.25. The van der Waals surface area contributed by atoms with E-state index in [0.717, 1.165) is 12.3 Å². The van der Waals surface area contributed by atoms with Gasteiger partial charge >= 0.3 is 0 Å². The van der Waals surface area contributed by atoms with Gasteiger partial charge in [-0.05, 0) is 38.7 Å². The van der Waals surface area contributed by atoms with E-state index in [1.165, 1.54) is 12.8 Å². The van der Waals surface area contributed by atoms with Gasteiger partial charge in [-0.2, -0.15) is 0 Å². The summed E-state index contributed by atoms with van der Waals surface area (Å²) in [6.07, 6.45) is 2.51. The van der Waals surface area contributed by atoms with Crippen LogP contribution in [0.4, 0.5) is 0 Å². The van der Waals surface area contributed by atoms with Crippen molar-refractivity contribution in [2.45, 2.75) is 26.7 Å². The first-order valence-electron chi connectivity index (χ1n) is 5.02. The monoisotopic (exact) mass is 193 g/mol. The van der Waals surface area contributed by atoms with Gasteiger partial charge in [-0.25, -0.2) is 0 Å². The zero-order valence-electron chi connectivity index (χ0n) is 8.59. The van der Waals surface area contributed by atoms with E-state index in [4.69, 9.17) is 4.42 Å². The van der Waals surface area contributed by atoms with Crippen LogP contribution in [0.15, 0.2) is 10.5 Å². The summed E-state index contributed by atoms with van der Waals surface area (Å²) in [6.45, 7) is 4.48. The zero-order valence-corrected chi connectivity index (χ0v) is 8.59. The fourth-order valence-corrected chi connectivity index (χ4v) is 1.51. The second-order valence-electron chi connectivity index (χ2n) is 3.98. The topological polar surface area (TPSA) is 42.2 Å². The molecule has 0 unspecified atom stereocenters. The minimum absolute atomic E-state index is 0.00810. The number of hydrogen-bond acceptors (Lipinski definition) is 2. The molecule has 0 atom stereocenters. The van der Waals surface area contributed by atoms with Gasteiger partial charge in [0.05, 0.1) is 5.56 Å². The lowest BCUT2D eigenvalue weighted by Crippen LogP contribution is -2.25. The first kappa shape index (κ1) is 9.31. The zero-order chi connectivity index (χ0) is 10.1. The Morgan fingerprint density at radius 2 is 2.29 bits per heavy atom. The molecule has 1 heterocycles. The van der Waals surface area contributed by atoms with Crippen LogP contribution in [0.5, 0.6) is 0 Å². The van der Waals surface area contributed by atoms with Crippen LogP contribution >= 0.6 is 0 Å². The predicted molar refractivity (Wildman–Crippen MR) is 53.2 cm³/mol. The SMILES string of the molecule is Cc1cc(C(=O)NCC2CC2)c(C)o1. The van der Waals surface area contributed by atoms with Gasteiger partial charge in [-0.3, -0.25) is 4.79 Å². The Bertz CT molecular complexity index is 350. The number of amides is 1. The molecule has 3 nitrogen and oxygen atoms in total. The van der Waals surface area contributed by atoms with Crippen molar-refractivity contribution in [3.63, 3.8) is 0 Å². The Balaban J connectivity index is 1.98. The van der Waals surface area contributed by atoms with Gasteiger partial charge in [0, 0.05) is 6.54 Å². The van der Waals surface area contributed by atoms with Crippen LogP contribution in [0, 0.1) is 19.8 Å². The summed E-state index contributed by atoms with van der Waals surface area (Å²) in [5.41, 5.74) is 0.670. The van der Waals surface area contributed by atoms with Gasteiger partial charge in [0.2, 0.25) is 0 Å². The highest BCUT2D eigenvalue weighted by Crippen LogP contribution is 2.27. The Labute approximate surface area is 83.5 Å². The number of carbonyl (C=O) groups excluding carboxylic acids is 1. The molecule has 0 saturated heterocycles. The molecule has 1 aromatic rings. The van der Waals surface area contributed by atoms with E-state index in [9.17, 15) is 4.79 Å². The van der Waals surface area contributed by atoms with Crippen LogP contribution < -0.4 is 5.32 Å². The fourth-order valence-electron chi connectivity index (χ4n) is 1.51. The highest BCUT2D eigenvalue weighted by molar-refractivity contribution is 5.95. The lowest BCUT2D eigenvalue weighted by Gasteiger charge is -2.01. The number of rotatable bonds is 3. The van der Waals surface area contributed by atoms with E-state index in [1.807, 2.05) is 13.8 Å². The summed E-state index contributed by atoms with van der Waals surface area (Å²) in [7, 11) is 0. The molecule has 0 aliphatic heterocycles. The summed E-state index contributed by atoms with van der Waals surface area (Å²) < 4.78 is 5.30. The van der Waals surface area contributed by atoms with Crippen molar-refractivity contribution >= 4 is 5.91 Å². The van der Waals surface area contributed by atoms with Crippen LogP contribution in [0.2, 0.25) is 0 Å². The van der Waals surface area contributed by atoms with E-state index in [0.29, 0.717) is 17.2 Å². The summed E-state index contributed by atoms with van der Waals surface area (Å²) in [6, 6.07) is 1.79. The summed E-state index contributed by atoms with van der Waals surface area (Å²) in [4.78, 5) is 11.6. The third-order valence-corrected chi connectivity index (χ3v) is 2.53. The van der Waals surface area contributed by atoms with Crippen LogP contribution in [0.25, 0.3) is 0 Å². The average molecular weight is 193 g/mol. The predicted octanol–water partition coefficient (Wildman–Crippen LogP) is 2.04. The highest BCUT2D eigenvalue weighted by atomic mass is 16.3. The molecule has 3 heteroatoms. The van der Waals surface area contributed by atoms with Crippen LogP contribution in [0.3, 0.4) is 0 Å². The smallest absolute Gasteiger partial charge is 0.254 e. The van der Waals surface area contributed by atoms with Crippen molar-refractivity contribution in [3.8, 4) is 0 Å². The van der Waals surface area contributed by atoms with Crippen molar-refractivity contribution in [2.24, 2.45) is 5.92 Å². The molecule has 1 amide bonds. The van der Waals surface area contributed by atoms with Gasteiger partial charge in [-0.15, -0.1) is 0 Å². The molecule has 14 heavy (non-hydrogen) atoms. The second kappa shape index (κ2) is 3.48. The van der Waals surface area contributed by atoms with Gasteiger partial charge in [0.1, 0.15) is 11.5 Å². The van der Waals surface area contributed by atoms with E-state index in [2.05, 4.69) is 5.32 Å². The number of hydrogen-bond donors (Lipinski definition) is 1. The molecule has 1 aliphatic rings. The lowest BCUT2D eigenvalue weighted by molar-refractivity contribution is 0.0950. The molecule has 1 N–H and O–H groups in total. The van der Waals surface area contributed by atoms with Gasteiger partial charge in [-0.1, -0.05) is 0 Å². The van der Waals surface area contributed by atoms with Crippen LogP contribution in [0.1, 0.15) is 34.7 Å². The lowest BCUT2D eigenvalue weighted by atomic mass is 10.2. The van der Waals surface area contributed by atoms with Gasteiger partial charge in [0.25, 0.3) is 5.91 Å². The van der Waals surface area contributed by atoms with Gasteiger partial charge < -0.3 is 9.73 Å². The Morgan fingerprint density at radius 3 is 2.79 bits per heavy atom.